The zero-order chi connectivity index (χ0) is 24.0. The van der Waals surface area contributed by atoms with Gasteiger partial charge in [0.15, 0.2) is 6.54 Å². The van der Waals surface area contributed by atoms with Gasteiger partial charge in [-0.2, -0.15) is 0 Å². The third-order valence-corrected chi connectivity index (χ3v) is 6.70. The number of aliphatic carboxylic acids is 1. The lowest BCUT2D eigenvalue weighted by Gasteiger charge is -2.30. The van der Waals surface area contributed by atoms with Gasteiger partial charge in [0.05, 0.1) is 6.20 Å². The van der Waals surface area contributed by atoms with Gasteiger partial charge in [0.25, 0.3) is 0 Å². The summed E-state index contributed by atoms with van der Waals surface area (Å²) in [6.45, 7) is 3.36. The van der Waals surface area contributed by atoms with Crippen molar-refractivity contribution >= 4 is 11.8 Å². The number of amidine groups is 1. The molecule has 1 atom stereocenters. The van der Waals surface area contributed by atoms with Gasteiger partial charge in [-0.15, -0.1) is 0 Å². The molecule has 0 aromatic rings. The van der Waals surface area contributed by atoms with Gasteiger partial charge in [-0.1, -0.05) is 103 Å². The summed E-state index contributed by atoms with van der Waals surface area (Å²) in [6.07, 6.45) is 31.9. The molecular formula is C28H52N3O2+. The molecule has 0 aliphatic carbocycles. The highest BCUT2D eigenvalue weighted by Crippen LogP contribution is 2.20. The fourth-order valence-corrected chi connectivity index (χ4v) is 4.70. The highest BCUT2D eigenvalue weighted by Gasteiger charge is 2.36. The van der Waals surface area contributed by atoms with Crippen LogP contribution in [0.25, 0.3) is 0 Å². The molecular weight excluding hydrogens is 410 g/mol. The zero-order valence-electron chi connectivity index (χ0n) is 21.5. The number of carboxylic acids is 1. The molecule has 0 fully saturated rings. The molecule has 1 heterocycles. The summed E-state index contributed by atoms with van der Waals surface area (Å²) in [5.41, 5.74) is 5.73. The van der Waals surface area contributed by atoms with Crippen LogP contribution in [-0.4, -0.2) is 41.0 Å². The summed E-state index contributed by atoms with van der Waals surface area (Å²) in [5, 5.41) is 9.26. The third-order valence-electron chi connectivity index (χ3n) is 6.70. The highest BCUT2D eigenvalue weighted by molar-refractivity contribution is 5.81. The summed E-state index contributed by atoms with van der Waals surface area (Å²) in [7, 11) is 0. The maximum Gasteiger partial charge on any atom is 0.360 e. The quantitative estimate of drug-likeness (QED) is 0.0948. The molecule has 0 bridgehead atoms. The van der Waals surface area contributed by atoms with Crippen LogP contribution in [0.4, 0.5) is 0 Å². The van der Waals surface area contributed by atoms with E-state index in [2.05, 4.69) is 24.1 Å². The summed E-state index contributed by atoms with van der Waals surface area (Å²) >= 11 is 0. The minimum Gasteiger partial charge on any atom is -0.477 e. The molecule has 0 aromatic carbocycles. The van der Waals surface area contributed by atoms with E-state index in [0.29, 0.717) is 13.1 Å². The second kappa shape index (κ2) is 20.0. The van der Waals surface area contributed by atoms with E-state index in [1.807, 2.05) is 6.20 Å². The largest absolute Gasteiger partial charge is 0.477 e. The van der Waals surface area contributed by atoms with Crippen molar-refractivity contribution in [1.82, 2.24) is 0 Å². The molecule has 0 radical (unpaired) electrons. The van der Waals surface area contributed by atoms with E-state index in [1.165, 1.54) is 96.3 Å². The lowest BCUT2D eigenvalue weighted by molar-refractivity contribution is -0.778. The average Bonchev–Trinajstić information content (AvgIpc) is 3.16. The second-order valence-electron chi connectivity index (χ2n) is 9.69. The normalized spacial score (nSPS) is 17.8. The van der Waals surface area contributed by atoms with Crippen molar-refractivity contribution in [3.8, 4) is 0 Å². The Balaban J connectivity index is 1.94. The van der Waals surface area contributed by atoms with Crippen molar-refractivity contribution in [2.24, 2.45) is 10.7 Å². The number of nitrogens with zero attached hydrogens (tertiary/aromatic N) is 2. The van der Waals surface area contributed by atoms with Gasteiger partial charge in [-0.25, -0.2) is 14.3 Å². The van der Waals surface area contributed by atoms with E-state index in [1.54, 1.807) is 6.20 Å². The van der Waals surface area contributed by atoms with Crippen LogP contribution in [0.15, 0.2) is 29.5 Å². The van der Waals surface area contributed by atoms with E-state index in [0.717, 1.165) is 25.1 Å². The Kier molecular flexibility index (Phi) is 17.9. The maximum atomic E-state index is 11.3. The number of nitrogens with two attached hydrogens (primary N) is 1. The first-order valence-corrected chi connectivity index (χ1v) is 13.8. The predicted octanol–water partition coefficient (Wildman–Crippen LogP) is 7.33. The summed E-state index contributed by atoms with van der Waals surface area (Å²) in [4.78, 5) is 15.7. The second-order valence-corrected chi connectivity index (χ2v) is 9.69. The Labute approximate surface area is 203 Å². The number of hydrogen-bond acceptors (Lipinski definition) is 3. The first-order valence-electron chi connectivity index (χ1n) is 13.8. The fraction of sp³-hybridized carbons (Fsp3) is 0.786. The number of carboxylic acid groups (broad SMARTS) is 1. The minimum absolute atomic E-state index is 0.0293. The minimum atomic E-state index is -0.809. The van der Waals surface area contributed by atoms with Gasteiger partial charge in [0.2, 0.25) is 5.84 Å². The van der Waals surface area contributed by atoms with Crippen molar-refractivity contribution < 1.29 is 14.4 Å². The molecule has 0 saturated heterocycles. The average molecular weight is 463 g/mol. The van der Waals surface area contributed by atoms with Crippen molar-refractivity contribution in [2.75, 3.05) is 19.6 Å². The number of aliphatic imine (C=N–C) groups is 1. The SMILES string of the molecule is CCCCCCCCCCCCCCCC/C=C/CCCC1=NC=C[N+]1(CCN)CC(=O)O. The standard InChI is InChI=1S/C28H51N3O2/c1-2-3-4-5-6-7-8-9-10-11-12-13-14-15-16-17-18-19-20-21-27-30-23-25-31(27,24-22-29)26-28(32)33/h17-18,23,25H,2-16,19-22,24,26,29H2,1H3/p+1/b18-17+. The molecule has 0 saturated carbocycles. The molecule has 0 spiro atoms. The van der Waals surface area contributed by atoms with Gasteiger partial charge in [-0.3, -0.25) is 0 Å². The first kappa shape index (κ1) is 29.6. The third kappa shape index (κ3) is 14.4. The smallest absolute Gasteiger partial charge is 0.360 e. The summed E-state index contributed by atoms with van der Waals surface area (Å²) < 4.78 is 0.286. The number of allylic oxidation sites excluding steroid dienone is 2. The summed E-state index contributed by atoms with van der Waals surface area (Å²) in [6, 6.07) is 0. The molecule has 5 nitrogen and oxygen atoms in total. The van der Waals surface area contributed by atoms with Gasteiger partial charge < -0.3 is 10.8 Å². The van der Waals surface area contributed by atoms with E-state index in [-0.39, 0.29) is 11.0 Å². The van der Waals surface area contributed by atoms with Crippen molar-refractivity contribution in [3.05, 3.63) is 24.6 Å². The predicted molar refractivity (Wildman–Crippen MR) is 141 cm³/mol. The van der Waals surface area contributed by atoms with Crippen LogP contribution in [-0.2, 0) is 4.79 Å². The van der Waals surface area contributed by atoms with E-state index in [9.17, 15) is 9.90 Å². The molecule has 0 aromatic heterocycles. The van der Waals surface area contributed by atoms with Gasteiger partial charge in [0, 0.05) is 13.0 Å². The lowest BCUT2D eigenvalue weighted by atomic mass is 10.0. The van der Waals surface area contributed by atoms with Crippen LogP contribution >= 0.6 is 0 Å². The summed E-state index contributed by atoms with van der Waals surface area (Å²) in [5.74, 6) is 0.124. The molecule has 190 valence electrons. The van der Waals surface area contributed by atoms with Crippen LogP contribution in [0.1, 0.15) is 122 Å². The Morgan fingerprint density at radius 2 is 1.39 bits per heavy atom. The van der Waals surface area contributed by atoms with Gasteiger partial charge >= 0.3 is 5.97 Å². The maximum absolute atomic E-state index is 11.3. The first-order chi connectivity index (χ1) is 16.1. The Hall–Kier alpha value is -1.46. The molecule has 1 aliphatic heterocycles. The number of carbonyl (C=O) groups is 1. The van der Waals surface area contributed by atoms with E-state index >= 15 is 0 Å². The molecule has 33 heavy (non-hydrogen) atoms. The number of rotatable bonds is 23. The molecule has 1 unspecified atom stereocenters. The van der Waals surface area contributed by atoms with Gasteiger partial charge in [-0.05, 0) is 25.7 Å². The molecule has 0 amide bonds. The van der Waals surface area contributed by atoms with Crippen molar-refractivity contribution in [2.45, 2.75) is 122 Å². The molecule has 1 aliphatic rings. The Morgan fingerprint density at radius 3 is 1.91 bits per heavy atom. The topological polar surface area (TPSA) is 75.7 Å². The van der Waals surface area contributed by atoms with E-state index < -0.39 is 5.97 Å². The van der Waals surface area contributed by atoms with Crippen LogP contribution in [0, 0.1) is 0 Å². The molecule has 1 rings (SSSR count). The number of quaternary nitrogens is 1. The van der Waals surface area contributed by atoms with Crippen LogP contribution < -0.4 is 5.73 Å². The fourth-order valence-electron chi connectivity index (χ4n) is 4.70. The Bertz CT molecular complexity index is 586. The van der Waals surface area contributed by atoms with Crippen LogP contribution in [0.5, 0.6) is 0 Å². The monoisotopic (exact) mass is 462 g/mol. The van der Waals surface area contributed by atoms with Crippen LogP contribution in [0.3, 0.4) is 0 Å². The number of hydrogen-bond donors (Lipinski definition) is 2. The number of unbranched alkanes of at least 4 members (excludes halogenated alkanes) is 15. The Morgan fingerprint density at radius 1 is 0.879 bits per heavy atom. The van der Waals surface area contributed by atoms with Crippen molar-refractivity contribution in [1.29, 1.82) is 0 Å². The highest BCUT2D eigenvalue weighted by atomic mass is 16.4. The molecule has 3 N–H and O–H groups in total. The van der Waals surface area contributed by atoms with Crippen molar-refractivity contribution in [3.63, 3.8) is 0 Å². The van der Waals surface area contributed by atoms with E-state index in [4.69, 9.17) is 5.73 Å². The lowest BCUT2D eigenvalue weighted by Crippen LogP contribution is -2.52. The molecule has 5 heteroatoms. The van der Waals surface area contributed by atoms with Gasteiger partial charge in [0.1, 0.15) is 12.7 Å². The zero-order valence-corrected chi connectivity index (χ0v) is 21.5. The van der Waals surface area contributed by atoms with Crippen LogP contribution in [0.2, 0.25) is 0 Å².